The molecule has 0 heterocycles. The second-order valence-electron chi connectivity index (χ2n) is 4.61. The number of esters is 2. The molecule has 0 amide bonds. The third-order valence-electron chi connectivity index (χ3n) is 2.82. The van der Waals surface area contributed by atoms with Crippen molar-refractivity contribution in [3.63, 3.8) is 0 Å². The molecule has 0 aromatic heterocycles. The van der Waals surface area contributed by atoms with Gasteiger partial charge in [0.05, 0.1) is 12.7 Å². The zero-order valence-corrected chi connectivity index (χ0v) is 12.6. The molecule has 0 atom stereocenters. The summed E-state index contributed by atoms with van der Waals surface area (Å²) < 4.78 is 9.79. The lowest BCUT2D eigenvalue weighted by Gasteiger charge is -2.05. The zero-order valence-electron chi connectivity index (χ0n) is 12.6. The number of carbonyl (C=O) groups excluding carboxylic acids is 2. The molecule has 0 radical (unpaired) electrons. The van der Waals surface area contributed by atoms with Crippen molar-refractivity contribution in [3.8, 4) is 5.75 Å². The Morgan fingerprint density at radius 2 is 1.95 bits per heavy atom. The Hall–Kier alpha value is -2.57. The van der Waals surface area contributed by atoms with Crippen LogP contribution in [0.15, 0.2) is 29.3 Å². The summed E-state index contributed by atoms with van der Waals surface area (Å²) in [6.07, 6.45) is 2.62. The average Bonchev–Trinajstić information content (AvgIpc) is 2.50. The van der Waals surface area contributed by atoms with Crippen LogP contribution in [0.5, 0.6) is 5.75 Å². The molecule has 120 valence electrons. The zero-order chi connectivity index (χ0) is 16.4. The Labute approximate surface area is 129 Å². The first-order valence-electron chi connectivity index (χ1n) is 6.97. The standard InChI is InChI=1S/C15H21N3O4/c1-21-14(20)11-6-5-7-12(10-11)22-13(19)8-3-2-4-9-18-15(16)17/h5-7,10H,2-4,8-9H2,1H3,(H4,16,17,18). The van der Waals surface area contributed by atoms with Crippen molar-refractivity contribution in [1.29, 1.82) is 0 Å². The number of unbranched alkanes of at least 4 members (excludes halogenated alkanes) is 2. The third-order valence-corrected chi connectivity index (χ3v) is 2.82. The number of hydrogen-bond acceptors (Lipinski definition) is 5. The molecule has 0 bridgehead atoms. The molecule has 7 heteroatoms. The fourth-order valence-corrected chi connectivity index (χ4v) is 1.75. The van der Waals surface area contributed by atoms with Gasteiger partial charge in [-0.15, -0.1) is 0 Å². The van der Waals surface area contributed by atoms with E-state index in [2.05, 4.69) is 9.73 Å². The fourth-order valence-electron chi connectivity index (χ4n) is 1.75. The van der Waals surface area contributed by atoms with Gasteiger partial charge in [-0.05, 0) is 31.0 Å². The maximum atomic E-state index is 11.7. The van der Waals surface area contributed by atoms with Gasteiger partial charge in [0.2, 0.25) is 0 Å². The third kappa shape index (κ3) is 6.74. The number of nitrogens with zero attached hydrogens (tertiary/aromatic N) is 1. The number of aliphatic imine (C=N–C) groups is 1. The fraction of sp³-hybridized carbons (Fsp3) is 0.400. The van der Waals surface area contributed by atoms with Gasteiger partial charge in [-0.25, -0.2) is 4.79 Å². The number of methoxy groups -OCH3 is 1. The van der Waals surface area contributed by atoms with Gasteiger partial charge >= 0.3 is 11.9 Å². The Bertz CT molecular complexity index is 539. The van der Waals surface area contributed by atoms with Crippen LogP contribution in [0.25, 0.3) is 0 Å². The van der Waals surface area contributed by atoms with E-state index >= 15 is 0 Å². The van der Waals surface area contributed by atoms with Crippen molar-refractivity contribution in [2.24, 2.45) is 16.5 Å². The van der Waals surface area contributed by atoms with E-state index in [0.717, 1.165) is 12.8 Å². The van der Waals surface area contributed by atoms with Gasteiger partial charge in [0.25, 0.3) is 0 Å². The molecule has 0 fully saturated rings. The quantitative estimate of drug-likeness (QED) is 0.245. The summed E-state index contributed by atoms with van der Waals surface area (Å²) in [6.45, 7) is 0.554. The largest absolute Gasteiger partial charge is 0.465 e. The molecule has 22 heavy (non-hydrogen) atoms. The summed E-state index contributed by atoms with van der Waals surface area (Å²) in [5.74, 6) is -0.417. The monoisotopic (exact) mass is 307 g/mol. The van der Waals surface area contributed by atoms with Crippen LogP contribution < -0.4 is 16.2 Å². The molecule has 0 aliphatic rings. The van der Waals surface area contributed by atoms with E-state index in [1.165, 1.54) is 13.2 Å². The van der Waals surface area contributed by atoms with Gasteiger partial charge in [0.1, 0.15) is 5.75 Å². The Balaban J connectivity index is 2.33. The summed E-state index contributed by atoms with van der Waals surface area (Å²) in [4.78, 5) is 26.9. The average molecular weight is 307 g/mol. The molecule has 0 saturated heterocycles. The Morgan fingerprint density at radius 3 is 2.64 bits per heavy atom. The SMILES string of the molecule is COC(=O)c1cccc(OC(=O)CCCCCN=C(N)N)c1. The molecule has 0 aliphatic carbocycles. The van der Waals surface area contributed by atoms with Crippen molar-refractivity contribution < 1.29 is 19.1 Å². The number of ether oxygens (including phenoxy) is 2. The maximum Gasteiger partial charge on any atom is 0.337 e. The summed E-state index contributed by atoms with van der Waals surface area (Å²) in [5, 5.41) is 0. The van der Waals surface area contributed by atoms with E-state index in [9.17, 15) is 9.59 Å². The van der Waals surface area contributed by atoms with Gasteiger partial charge in [0.15, 0.2) is 5.96 Å². The first kappa shape index (κ1) is 17.5. The number of rotatable bonds is 8. The molecule has 0 aliphatic heterocycles. The minimum atomic E-state index is -0.474. The molecule has 4 N–H and O–H groups in total. The van der Waals surface area contributed by atoms with Crippen LogP contribution in [0.1, 0.15) is 36.0 Å². The first-order chi connectivity index (χ1) is 10.5. The second-order valence-corrected chi connectivity index (χ2v) is 4.61. The molecule has 0 unspecified atom stereocenters. The van der Waals surface area contributed by atoms with Gasteiger partial charge in [-0.2, -0.15) is 0 Å². The molecule has 0 spiro atoms. The molecular formula is C15H21N3O4. The van der Waals surface area contributed by atoms with Crippen LogP contribution in [-0.4, -0.2) is 31.6 Å². The van der Waals surface area contributed by atoms with E-state index in [1.807, 2.05) is 0 Å². The molecule has 1 rings (SSSR count). The lowest BCUT2D eigenvalue weighted by Crippen LogP contribution is -2.22. The van der Waals surface area contributed by atoms with Crippen LogP contribution >= 0.6 is 0 Å². The molecule has 1 aromatic rings. The van der Waals surface area contributed by atoms with Crippen LogP contribution in [-0.2, 0) is 9.53 Å². The predicted octanol–water partition coefficient (Wildman–Crippen LogP) is 1.21. The lowest BCUT2D eigenvalue weighted by atomic mass is 10.2. The number of guanidine groups is 1. The number of carbonyl (C=O) groups is 2. The molecule has 0 saturated carbocycles. The second kappa shape index (κ2) is 9.38. The molecular weight excluding hydrogens is 286 g/mol. The van der Waals surface area contributed by atoms with Crippen molar-refractivity contribution >= 4 is 17.9 Å². The van der Waals surface area contributed by atoms with Crippen molar-refractivity contribution in [2.75, 3.05) is 13.7 Å². The van der Waals surface area contributed by atoms with Crippen LogP contribution in [0, 0.1) is 0 Å². The molecule has 1 aromatic carbocycles. The highest BCUT2D eigenvalue weighted by atomic mass is 16.5. The summed E-state index contributed by atoms with van der Waals surface area (Å²) in [7, 11) is 1.29. The van der Waals surface area contributed by atoms with Gasteiger partial charge in [-0.1, -0.05) is 12.5 Å². The van der Waals surface area contributed by atoms with Gasteiger partial charge < -0.3 is 20.9 Å². The smallest absolute Gasteiger partial charge is 0.337 e. The van der Waals surface area contributed by atoms with E-state index in [-0.39, 0.29) is 11.9 Å². The highest BCUT2D eigenvalue weighted by Gasteiger charge is 2.09. The maximum absolute atomic E-state index is 11.7. The normalized spacial score (nSPS) is 9.86. The van der Waals surface area contributed by atoms with Gasteiger partial charge in [-0.3, -0.25) is 9.79 Å². The van der Waals surface area contributed by atoms with E-state index < -0.39 is 5.97 Å². The van der Waals surface area contributed by atoms with Crippen molar-refractivity contribution in [1.82, 2.24) is 0 Å². The predicted molar refractivity (Wildman–Crippen MR) is 82.6 cm³/mol. The van der Waals surface area contributed by atoms with E-state index in [0.29, 0.717) is 30.7 Å². The minimum absolute atomic E-state index is 0.0740. The molecule has 7 nitrogen and oxygen atoms in total. The highest BCUT2D eigenvalue weighted by Crippen LogP contribution is 2.15. The Kier molecular flexibility index (Phi) is 7.45. The van der Waals surface area contributed by atoms with Crippen LogP contribution in [0.2, 0.25) is 0 Å². The van der Waals surface area contributed by atoms with E-state index in [4.69, 9.17) is 16.2 Å². The highest BCUT2D eigenvalue weighted by molar-refractivity contribution is 5.90. The summed E-state index contributed by atoms with van der Waals surface area (Å²) >= 11 is 0. The van der Waals surface area contributed by atoms with Crippen molar-refractivity contribution in [2.45, 2.75) is 25.7 Å². The number of benzene rings is 1. The Morgan fingerprint density at radius 1 is 1.18 bits per heavy atom. The van der Waals surface area contributed by atoms with E-state index in [1.54, 1.807) is 18.2 Å². The number of nitrogens with two attached hydrogens (primary N) is 2. The lowest BCUT2D eigenvalue weighted by molar-refractivity contribution is -0.134. The summed E-state index contributed by atoms with van der Waals surface area (Å²) in [5.41, 5.74) is 10.7. The number of hydrogen-bond donors (Lipinski definition) is 2. The van der Waals surface area contributed by atoms with Crippen LogP contribution in [0.3, 0.4) is 0 Å². The first-order valence-corrected chi connectivity index (χ1v) is 6.97. The minimum Gasteiger partial charge on any atom is -0.465 e. The summed E-state index contributed by atoms with van der Waals surface area (Å²) in [6, 6.07) is 6.31. The topological polar surface area (TPSA) is 117 Å². The van der Waals surface area contributed by atoms with Gasteiger partial charge in [0, 0.05) is 13.0 Å². The van der Waals surface area contributed by atoms with Crippen LogP contribution in [0.4, 0.5) is 0 Å². The van der Waals surface area contributed by atoms with Crippen molar-refractivity contribution in [3.05, 3.63) is 29.8 Å².